The Kier molecular flexibility index (Phi) is 5.48. The number of nitrogens with zero attached hydrogens (tertiary/aromatic N) is 2. The summed E-state index contributed by atoms with van der Waals surface area (Å²) in [5.74, 6) is 0.363. The van der Waals surface area contributed by atoms with Gasteiger partial charge >= 0.3 is 6.03 Å². The van der Waals surface area contributed by atoms with Gasteiger partial charge in [0.15, 0.2) is 0 Å². The maximum Gasteiger partial charge on any atom is 0.319 e. The number of nitrogens with one attached hydrogen (secondary N) is 3. The first-order chi connectivity index (χ1) is 11.8. The van der Waals surface area contributed by atoms with Crippen molar-refractivity contribution >= 4 is 11.7 Å². The molecule has 1 aromatic heterocycles. The molecule has 1 aromatic carbocycles. The summed E-state index contributed by atoms with van der Waals surface area (Å²) in [5.41, 5.74) is 3.15. The van der Waals surface area contributed by atoms with Crippen LogP contribution >= 0.6 is 0 Å². The van der Waals surface area contributed by atoms with Gasteiger partial charge in [0.1, 0.15) is 0 Å². The fourth-order valence-corrected chi connectivity index (χ4v) is 3.31. The Morgan fingerprint density at radius 1 is 1.38 bits per heavy atom. The zero-order valence-electron chi connectivity index (χ0n) is 14.1. The molecule has 6 heteroatoms. The van der Waals surface area contributed by atoms with Gasteiger partial charge in [0.25, 0.3) is 0 Å². The van der Waals surface area contributed by atoms with Crippen molar-refractivity contribution in [3.63, 3.8) is 0 Å². The van der Waals surface area contributed by atoms with E-state index < -0.39 is 0 Å². The van der Waals surface area contributed by atoms with Crippen molar-refractivity contribution in [2.24, 2.45) is 0 Å². The predicted octanol–water partition coefficient (Wildman–Crippen LogP) is 2.93. The van der Waals surface area contributed by atoms with Crippen LogP contribution in [0.4, 0.5) is 10.5 Å². The van der Waals surface area contributed by atoms with Crippen LogP contribution < -0.4 is 10.6 Å². The van der Waals surface area contributed by atoms with Gasteiger partial charge in [-0.3, -0.25) is 10.00 Å². The van der Waals surface area contributed by atoms with Gasteiger partial charge in [-0.15, -0.1) is 0 Å². The first kappa shape index (κ1) is 16.5. The molecule has 0 unspecified atom stereocenters. The molecular weight excluding hydrogens is 302 g/mol. The summed E-state index contributed by atoms with van der Waals surface area (Å²) in [6, 6.07) is 10.4. The number of carbonyl (C=O) groups is 1. The van der Waals surface area contributed by atoms with Crippen LogP contribution in [0, 0.1) is 0 Å². The molecular formula is C18H25N5O. The first-order valence-electron chi connectivity index (χ1n) is 8.60. The Morgan fingerprint density at radius 3 is 3.00 bits per heavy atom. The standard InChI is InChI=1S/C18H25N5O/c1-2-19-18(24)21-16-11-20-22-17(16)15-9-6-10-23(13-15)12-14-7-4-3-5-8-14/h3-5,7-8,11,15H,2,6,9-10,12-13H2,1H3,(H,20,22)(H2,19,21,24)/t15-/m0/s1. The fourth-order valence-electron chi connectivity index (χ4n) is 3.31. The number of urea groups is 1. The first-order valence-corrected chi connectivity index (χ1v) is 8.60. The van der Waals surface area contributed by atoms with Crippen LogP contribution in [0.1, 0.15) is 36.9 Å². The van der Waals surface area contributed by atoms with E-state index in [0.717, 1.165) is 43.9 Å². The van der Waals surface area contributed by atoms with Crippen molar-refractivity contribution in [1.82, 2.24) is 20.4 Å². The third kappa shape index (κ3) is 4.14. The van der Waals surface area contributed by atoms with E-state index >= 15 is 0 Å². The lowest BCUT2D eigenvalue weighted by molar-refractivity contribution is 0.198. The van der Waals surface area contributed by atoms with Crippen LogP contribution in [0.25, 0.3) is 0 Å². The molecule has 128 valence electrons. The van der Waals surface area contributed by atoms with Crippen molar-refractivity contribution < 1.29 is 4.79 Å². The van der Waals surface area contributed by atoms with Crippen molar-refractivity contribution in [3.05, 3.63) is 47.8 Å². The van der Waals surface area contributed by atoms with Gasteiger partial charge in [-0.25, -0.2) is 4.79 Å². The van der Waals surface area contributed by atoms with Crippen LogP contribution in [0.15, 0.2) is 36.5 Å². The Balaban J connectivity index is 1.65. The lowest BCUT2D eigenvalue weighted by atomic mass is 9.93. The number of aromatic amines is 1. The molecule has 3 N–H and O–H groups in total. The van der Waals surface area contributed by atoms with E-state index in [4.69, 9.17) is 0 Å². The van der Waals surface area contributed by atoms with Crippen molar-refractivity contribution in [3.8, 4) is 0 Å². The summed E-state index contributed by atoms with van der Waals surface area (Å²) < 4.78 is 0. The number of H-pyrrole nitrogens is 1. The number of carbonyl (C=O) groups excluding carboxylic acids is 1. The third-order valence-electron chi connectivity index (χ3n) is 4.42. The van der Waals surface area contributed by atoms with E-state index in [9.17, 15) is 4.79 Å². The average molecular weight is 327 g/mol. The molecule has 1 aliphatic heterocycles. The van der Waals surface area contributed by atoms with E-state index in [0.29, 0.717) is 12.5 Å². The number of amides is 2. The molecule has 24 heavy (non-hydrogen) atoms. The zero-order chi connectivity index (χ0) is 16.8. The number of aromatic nitrogens is 2. The van der Waals surface area contributed by atoms with E-state index in [1.165, 1.54) is 5.56 Å². The summed E-state index contributed by atoms with van der Waals surface area (Å²) >= 11 is 0. The number of benzene rings is 1. The minimum Gasteiger partial charge on any atom is -0.338 e. The predicted molar refractivity (Wildman–Crippen MR) is 95.0 cm³/mol. The molecule has 2 heterocycles. The molecule has 0 radical (unpaired) electrons. The van der Waals surface area contributed by atoms with Crippen LogP contribution in [-0.4, -0.2) is 40.8 Å². The van der Waals surface area contributed by atoms with Crippen molar-refractivity contribution in [2.75, 3.05) is 25.0 Å². The molecule has 1 atom stereocenters. The summed E-state index contributed by atoms with van der Waals surface area (Å²) in [7, 11) is 0. The SMILES string of the molecule is CCNC(=O)Nc1cn[nH]c1[C@H]1CCCN(Cc2ccccc2)C1. The van der Waals surface area contributed by atoms with E-state index in [-0.39, 0.29) is 6.03 Å². The second-order valence-electron chi connectivity index (χ2n) is 6.24. The third-order valence-corrected chi connectivity index (χ3v) is 4.42. The fraction of sp³-hybridized carbons (Fsp3) is 0.444. The minimum atomic E-state index is -0.183. The Hall–Kier alpha value is -2.34. The van der Waals surface area contributed by atoms with Crippen molar-refractivity contribution in [2.45, 2.75) is 32.2 Å². The molecule has 3 rings (SSSR count). The smallest absolute Gasteiger partial charge is 0.319 e. The maximum atomic E-state index is 11.8. The Labute approximate surface area is 142 Å². The number of anilines is 1. The number of likely N-dealkylation sites (tertiary alicyclic amines) is 1. The number of piperidine rings is 1. The van der Waals surface area contributed by atoms with E-state index in [1.807, 2.05) is 13.0 Å². The molecule has 1 fully saturated rings. The second-order valence-corrected chi connectivity index (χ2v) is 6.24. The number of hydrogen-bond acceptors (Lipinski definition) is 3. The average Bonchev–Trinajstić information content (AvgIpc) is 3.04. The van der Waals surface area contributed by atoms with Gasteiger partial charge in [-0.05, 0) is 31.9 Å². The van der Waals surface area contributed by atoms with Gasteiger partial charge in [0, 0.05) is 25.6 Å². The molecule has 2 amide bonds. The highest BCUT2D eigenvalue weighted by atomic mass is 16.2. The van der Waals surface area contributed by atoms with Gasteiger partial charge in [-0.2, -0.15) is 5.10 Å². The van der Waals surface area contributed by atoms with Crippen LogP contribution in [0.2, 0.25) is 0 Å². The van der Waals surface area contributed by atoms with Gasteiger partial charge in [-0.1, -0.05) is 30.3 Å². The molecule has 1 aliphatic rings. The van der Waals surface area contributed by atoms with Crippen LogP contribution in [0.5, 0.6) is 0 Å². The van der Waals surface area contributed by atoms with Crippen LogP contribution in [0.3, 0.4) is 0 Å². The lowest BCUT2D eigenvalue weighted by Crippen LogP contribution is -2.34. The van der Waals surface area contributed by atoms with E-state index in [2.05, 4.69) is 50.0 Å². The highest BCUT2D eigenvalue weighted by Crippen LogP contribution is 2.30. The summed E-state index contributed by atoms with van der Waals surface area (Å²) in [6.45, 7) is 5.55. The highest BCUT2D eigenvalue weighted by molar-refractivity contribution is 5.89. The zero-order valence-corrected chi connectivity index (χ0v) is 14.1. The Morgan fingerprint density at radius 2 is 2.21 bits per heavy atom. The lowest BCUT2D eigenvalue weighted by Gasteiger charge is -2.32. The molecule has 0 saturated carbocycles. The van der Waals surface area contributed by atoms with Gasteiger partial charge in [0.05, 0.1) is 17.6 Å². The van der Waals surface area contributed by atoms with Gasteiger partial charge < -0.3 is 10.6 Å². The maximum absolute atomic E-state index is 11.8. The number of rotatable bonds is 5. The monoisotopic (exact) mass is 327 g/mol. The topological polar surface area (TPSA) is 73.0 Å². The molecule has 0 bridgehead atoms. The summed E-state index contributed by atoms with van der Waals surface area (Å²) in [5, 5.41) is 12.9. The molecule has 1 saturated heterocycles. The Bertz CT molecular complexity index is 654. The van der Waals surface area contributed by atoms with Crippen LogP contribution in [-0.2, 0) is 6.54 Å². The largest absolute Gasteiger partial charge is 0.338 e. The summed E-state index contributed by atoms with van der Waals surface area (Å²) in [4.78, 5) is 14.2. The normalized spacial score (nSPS) is 18.3. The number of hydrogen-bond donors (Lipinski definition) is 3. The molecule has 0 aliphatic carbocycles. The second kappa shape index (κ2) is 7.97. The minimum absolute atomic E-state index is 0.183. The molecule has 6 nitrogen and oxygen atoms in total. The van der Waals surface area contributed by atoms with E-state index in [1.54, 1.807) is 6.20 Å². The molecule has 2 aromatic rings. The molecule has 0 spiro atoms. The van der Waals surface area contributed by atoms with Crippen molar-refractivity contribution in [1.29, 1.82) is 0 Å². The highest BCUT2D eigenvalue weighted by Gasteiger charge is 2.25. The van der Waals surface area contributed by atoms with Gasteiger partial charge in [0.2, 0.25) is 0 Å². The summed E-state index contributed by atoms with van der Waals surface area (Å²) in [6.07, 6.45) is 3.95. The quantitative estimate of drug-likeness (QED) is 0.790.